The molecule has 0 aliphatic rings. The fourth-order valence-corrected chi connectivity index (χ4v) is 1.78. The molecule has 1 heterocycles. The van der Waals surface area contributed by atoms with Gasteiger partial charge in [0.25, 0.3) is 0 Å². The Kier molecular flexibility index (Phi) is 5.02. The predicted molar refractivity (Wildman–Crippen MR) is 68.2 cm³/mol. The summed E-state index contributed by atoms with van der Waals surface area (Å²) >= 11 is 0. The molecule has 7 nitrogen and oxygen atoms in total. The number of carbonyl (C=O) groups excluding carboxylic acids is 1. The second-order valence-corrected chi connectivity index (χ2v) is 5.45. The lowest BCUT2D eigenvalue weighted by atomic mass is 9.80. The second kappa shape index (κ2) is 6.31. The van der Waals surface area contributed by atoms with Gasteiger partial charge in [0, 0.05) is 19.3 Å². The minimum Gasteiger partial charge on any atom is -0.481 e. The highest BCUT2D eigenvalue weighted by atomic mass is 16.4. The highest BCUT2D eigenvalue weighted by molar-refractivity contribution is 5.97. The van der Waals surface area contributed by atoms with Crippen LogP contribution in [0.3, 0.4) is 0 Å². The first-order valence-electron chi connectivity index (χ1n) is 6.17. The van der Waals surface area contributed by atoms with Gasteiger partial charge in [-0.15, -0.1) is 5.10 Å². The van der Waals surface area contributed by atoms with Crippen LogP contribution in [0.15, 0.2) is 12.4 Å². The van der Waals surface area contributed by atoms with Gasteiger partial charge in [-0.25, -0.2) is 0 Å². The lowest BCUT2D eigenvalue weighted by Gasteiger charge is -2.25. The highest BCUT2D eigenvalue weighted by Crippen LogP contribution is 2.26. The van der Waals surface area contributed by atoms with Gasteiger partial charge in [0.2, 0.25) is 5.91 Å². The number of carboxylic acid groups (broad SMARTS) is 1. The van der Waals surface area contributed by atoms with Crippen LogP contribution in [-0.4, -0.2) is 38.5 Å². The number of nitrogens with one attached hydrogen (secondary N) is 1. The fraction of sp³-hybridized carbons (Fsp3) is 0.667. The number of nitrogens with zero attached hydrogens (tertiary/aromatic N) is 3. The van der Waals surface area contributed by atoms with Crippen molar-refractivity contribution in [2.45, 2.75) is 33.7 Å². The van der Waals surface area contributed by atoms with Crippen LogP contribution in [-0.2, 0) is 16.1 Å². The average molecular weight is 268 g/mol. The molecule has 1 unspecified atom stereocenters. The molecule has 1 rings (SSSR count). The van der Waals surface area contributed by atoms with E-state index in [2.05, 4.69) is 15.6 Å². The Balaban J connectivity index is 2.39. The van der Waals surface area contributed by atoms with Gasteiger partial charge in [0.05, 0.1) is 6.20 Å². The Morgan fingerprint density at radius 2 is 2.11 bits per heavy atom. The smallest absolute Gasteiger partial charge is 0.316 e. The first-order valence-corrected chi connectivity index (χ1v) is 6.17. The van der Waals surface area contributed by atoms with Crippen LogP contribution >= 0.6 is 0 Å². The molecule has 0 saturated carbocycles. The number of carbonyl (C=O) groups is 2. The molecule has 0 aliphatic heterocycles. The van der Waals surface area contributed by atoms with Crippen LogP contribution in [0.4, 0.5) is 0 Å². The van der Waals surface area contributed by atoms with E-state index in [0.717, 1.165) is 0 Å². The number of aromatic nitrogens is 3. The molecule has 1 amide bonds. The summed E-state index contributed by atoms with van der Waals surface area (Å²) in [6, 6.07) is 0. The van der Waals surface area contributed by atoms with Crippen LogP contribution in [0.2, 0.25) is 0 Å². The van der Waals surface area contributed by atoms with Gasteiger partial charge < -0.3 is 10.4 Å². The molecule has 0 aromatic carbocycles. The van der Waals surface area contributed by atoms with E-state index >= 15 is 0 Å². The van der Waals surface area contributed by atoms with Gasteiger partial charge in [-0.05, 0) is 11.8 Å². The summed E-state index contributed by atoms with van der Waals surface area (Å²) in [5.41, 5.74) is -0.609. The topological polar surface area (TPSA) is 97.1 Å². The van der Waals surface area contributed by atoms with Crippen molar-refractivity contribution in [1.29, 1.82) is 0 Å². The number of hydrogen-bond donors (Lipinski definition) is 2. The van der Waals surface area contributed by atoms with Crippen molar-refractivity contribution in [2.24, 2.45) is 11.3 Å². The zero-order valence-electron chi connectivity index (χ0n) is 11.5. The summed E-state index contributed by atoms with van der Waals surface area (Å²) in [4.78, 5) is 23.0. The molecule has 1 aromatic heterocycles. The minimum atomic E-state index is -1.10. The Hall–Kier alpha value is -1.92. The average Bonchev–Trinajstić information content (AvgIpc) is 2.74. The lowest BCUT2D eigenvalue weighted by molar-refractivity contribution is -0.151. The molecular weight excluding hydrogens is 248 g/mol. The molecule has 0 spiro atoms. The van der Waals surface area contributed by atoms with Crippen LogP contribution in [0.5, 0.6) is 0 Å². The summed E-state index contributed by atoms with van der Waals surface area (Å²) in [7, 11) is 0. The molecule has 1 atom stereocenters. The first kappa shape index (κ1) is 15.1. The normalized spacial score (nSPS) is 13.0. The van der Waals surface area contributed by atoms with Crippen LogP contribution in [0, 0.1) is 11.3 Å². The van der Waals surface area contributed by atoms with Crippen molar-refractivity contribution in [3.05, 3.63) is 12.4 Å². The summed E-state index contributed by atoms with van der Waals surface area (Å²) in [6.07, 6.45) is 3.99. The van der Waals surface area contributed by atoms with Crippen molar-refractivity contribution in [3.8, 4) is 0 Å². The molecule has 0 fully saturated rings. The van der Waals surface area contributed by atoms with Gasteiger partial charge in [-0.2, -0.15) is 0 Å². The van der Waals surface area contributed by atoms with E-state index in [1.54, 1.807) is 37.8 Å². The lowest BCUT2D eigenvalue weighted by Crippen LogP contribution is -2.43. The van der Waals surface area contributed by atoms with E-state index < -0.39 is 23.2 Å². The van der Waals surface area contributed by atoms with Gasteiger partial charge in [0.15, 0.2) is 0 Å². The predicted octanol–water partition coefficient (Wildman–Crippen LogP) is 0.531. The molecule has 0 radical (unpaired) electrons. The standard InChI is InChI=1S/C12H20N4O3/c1-12(2,3)9(11(18)19)10(17)13-5-4-7-16-8-6-14-15-16/h6,8-9H,4-5,7H2,1-3H3,(H,13,17)(H,18,19). The molecule has 0 bridgehead atoms. The van der Waals surface area contributed by atoms with E-state index in [1.165, 1.54) is 0 Å². The SMILES string of the molecule is CC(C)(C)C(C(=O)O)C(=O)NCCCn1ccnn1. The summed E-state index contributed by atoms with van der Waals surface area (Å²) < 4.78 is 1.66. The van der Waals surface area contributed by atoms with Gasteiger partial charge >= 0.3 is 5.97 Å². The van der Waals surface area contributed by atoms with E-state index in [9.17, 15) is 9.59 Å². The molecule has 0 aliphatic carbocycles. The van der Waals surface area contributed by atoms with Crippen LogP contribution in [0.1, 0.15) is 27.2 Å². The quantitative estimate of drug-likeness (QED) is 0.579. The Morgan fingerprint density at radius 3 is 2.58 bits per heavy atom. The van der Waals surface area contributed by atoms with Gasteiger partial charge in [-0.1, -0.05) is 26.0 Å². The maximum atomic E-state index is 11.9. The number of aryl methyl sites for hydroxylation is 1. The number of carboxylic acids is 1. The van der Waals surface area contributed by atoms with E-state index in [0.29, 0.717) is 19.5 Å². The molecule has 2 N–H and O–H groups in total. The maximum absolute atomic E-state index is 11.9. The number of rotatable bonds is 6. The molecular formula is C12H20N4O3. The van der Waals surface area contributed by atoms with Crippen molar-refractivity contribution in [2.75, 3.05) is 6.54 Å². The fourth-order valence-electron chi connectivity index (χ4n) is 1.78. The summed E-state index contributed by atoms with van der Waals surface area (Å²) in [5.74, 6) is -2.58. The van der Waals surface area contributed by atoms with Crippen molar-refractivity contribution >= 4 is 11.9 Å². The number of amides is 1. The van der Waals surface area contributed by atoms with Crippen LogP contribution < -0.4 is 5.32 Å². The zero-order valence-corrected chi connectivity index (χ0v) is 11.5. The third kappa shape index (κ3) is 4.69. The van der Waals surface area contributed by atoms with Crippen molar-refractivity contribution < 1.29 is 14.7 Å². The number of aliphatic carboxylic acids is 1. The Morgan fingerprint density at radius 1 is 1.42 bits per heavy atom. The minimum absolute atomic E-state index is 0.415. The third-order valence-electron chi connectivity index (χ3n) is 2.71. The summed E-state index contributed by atoms with van der Waals surface area (Å²) in [6.45, 7) is 6.26. The van der Waals surface area contributed by atoms with Gasteiger partial charge in [0.1, 0.15) is 5.92 Å². The van der Waals surface area contributed by atoms with E-state index in [-0.39, 0.29) is 0 Å². The molecule has 1 aromatic rings. The molecule has 106 valence electrons. The molecule has 7 heteroatoms. The van der Waals surface area contributed by atoms with Gasteiger partial charge in [-0.3, -0.25) is 14.3 Å². The van der Waals surface area contributed by atoms with Crippen LogP contribution in [0.25, 0.3) is 0 Å². The van der Waals surface area contributed by atoms with Crippen molar-refractivity contribution in [3.63, 3.8) is 0 Å². The molecule has 0 saturated heterocycles. The van der Waals surface area contributed by atoms with E-state index in [1.807, 2.05) is 0 Å². The summed E-state index contributed by atoms with van der Waals surface area (Å²) in [5, 5.41) is 19.2. The monoisotopic (exact) mass is 268 g/mol. The second-order valence-electron chi connectivity index (χ2n) is 5.45. The third-order valence-corrected chi connectivity index (χ3v) is 2.71. The Labute approximate surface area is 112 Å². The molecule has 19 heavy (non-hydrogen) atoms. The van der Waals surface area contributed by atoms with E-state index in [4.69, 9.17) is 5.11 Å². The first-order chi connectivity index (χ1) is 8.82. The Bertz CT molecular complexity index is 423. The maximum Gasteiger partial charge on any atom is 0.316 e. The number of hydrogen-bond acceptors (Lipinski definition) is 4. The zero-order chi connectivity index (χ0) is 14.5. The van der Waals surface area contributed by atoms with Crippen molar-refractivity contribution in [1.82, 2.24) is 20.3 Å². The highest BCUT2D eigenvalue weighted by Gasteiger charge is 2.37. The largest absolute Gasteiger partial charge is 0.481 e.